The molecule has 1 N–H and O–H groups in total. The topological polar surface area (TPSA) is 72.5 Å². The summed E-state index contributed by atoms with van der Waals surface area (Å²) in [4.78, 5) is 36.2. The highest BCUT2D eigenvalue weighted by molar-refractivity contribution is 7.18. The Morgan fingerprint density at radius 1 is 1.27 bits per heavy atom. The number of nitrogens with one attached hydrogen (secondary N) is 1. The number of ketones is 1. The zero-order valence-corrected chi connectivity index (χ0v) is 16.4. The van der Waals surface area contributed by atoms with Gasteiger partial charge in [0.2, 0.25) is 0 Å². The van der Waals surface area contributed by atoms with E-state index < -0.39 is 5.97 Å². The molecule has 0 radical (unpaired) electrons. The largest absolute Gasteiger partial charge is 0.456 e. The lowest BCUT2D eigenvalue weighted by atomic mass is 9.84. The van der Waals surface area contributed by atoms with Gasteiger partial charge in [0.25, 0.3) is 5.91 Å². The van der Waals surface area contributed by atoms with Gasteiger partial charge in [-0.25, -0.2) is 0 Å². The number of ether oxygens (including phenoxy) is 1. The standard InChI is InChI=1S/C19H24ClNO4S/c1-11(14-9-12-2-3-13(14)8-12)21-18(23)10-25-19(24)7-4-15(22)16-5-6-17(20)26-16/h5-6,11-14H,2-4,7-10H2,1H3,(H,21,23)/t11-,12-,13-,14+/m1/s1. The van der Waals surface area contributed by atoms with Crippen LogP contribution in [-0.2, 0) is 14.3 Å². The van der Waals surface area contributed by atoms with Crippen LogP contribution in [-0.4, -0.2) is 30.3 Å². The van der Waals surface area contributed by atoms with E-state index in [9.17, 15) is 14.4 Å². The van der Waals surface area contributed by atoms with Crippen molar-refractivity contribution >= 4 is 40.6 Å². The molecule has 1 aromatic rings. The van der Waals surface area contributed by atoms with Gasteiger partial charge in [-0.15, -0.1) is 11.3 Å². The molecule has 0 spiro atoms. The Labute approximate surface area is 162 Å². The molecule has 1 aromatic heterocycles. The first kappa shape index (κ1) is 19.4. The van der Waals surface area contributed by atoms with Gasteiger partial charge in [0.15, 0.2) is 12.4 Å². The lowest BCUT2D eigenvalue weighted by molar-refractivity contribution is -0.148. The van der Waals surface area contributed by atoms with E-state index in [-0.39, 0.29) is 37.2 Å². The molecule has 142 valence electrons. The van der Waals surface area contributed by atoms with Crippen LogP contribution in [0.4, 0.5) is 0 Å². The van der Waals surface area contributed by atoms with E-state index in [0.29, 0.717) is 15.1 Å². The molecule has 1 heterocycles. The van der Waals surface area contributed by atoms with E-state index in [4.69, 9.17) is 16.3 Å². The molecule has 2 saturated carbocycles. The van der Waals surface area contributed by atoms with Crippen molar-refractivity contribution in [3.05, 3.63) is 21.3 Å². The number of amides is 1. The maximum atomic E-state index is 12.0. The number of rotatable bonds is 8. The summed E-state index contributed by atoms with van der Waals surface area (Å²) in [5.41, 5.74) is 0. The van der Waals surface area contributed by atoms with Gasteiger partial charge in [0.05, 0.1) is 15.6 Å². The Hall–Kier alpha value is -1.40. The normalized spacial score (nSPS) is 25.1. The van der Waals surface area contributed by atoms with Crippen molar-refractivity contribution in [2.75, 3.05) is 6.61 Å². The van der Waals surface area contributed by atoms with Crippen LogP contribution in [0.25, 0.3) is 0 Å². The Morgan fingerprint density at radius 3 is 2.69 bits per heavy atom. The summed E-state index contributed by atoms with van der Waals surface area (Å²) in [5.74, 6) is 1.15. The van der Waals surface area contributed by atoms with Crippen molar-refractivity contribution in [1.82, 2.24) is 5.32 Å². The molecule has 2 fully saturated rings. The number of carbonyl (C=O) groups is 3. The predicted octanol–water partition coefficient (Wildman–Crippen LogP) is 3.85. The van der Waals surface area contributed by atoms with Crippen molar-refractivity contribution in [3.63, 3.8) is 0 Å². The van der Waals surface area contributed by atoms with Crippen LogP contribution in [0.3, 0.4) is 0 Å². The minimum Gasteiger partial charge on any atom is -0.456 e. The summed E-state index contributed by atoms with van der Waals surface area (Å²) in [6.45, 7) is 1.75. The van der Waals surface area contributed by atoms with Gasteiger partial charge in [-0.2, -0.15) is 0 Å². The number of carbonyl (C=O) groups excluding carboxylic acids is 3. The molecule has 0 saturated heterocycles. The Morgan fingerprint density at radius 2 is 2.08 bits per heavy atom. The lowest BCUT2D eigenvalue weighted by Gasteiger charge is -2.28. The Balaban J connectivity index is 1.33. The quantitative estimate of drug-likeness (QED) is 0.534. The first-order chi connectivity index (χ1) is 12.4. The van der Waals surface area contributed by atoms with Crippen molar-refractivity contribution in [2.24, 2.45) is 17.8 Å². The second-order valence-electron chi connectivity index (χ2n) is 7.38. The van der Waals surface area contributed by atoms with Crippen molar-refractivity contribution in [1.29, 1.82) is 0 Å². The fourth-order valence-corrected chi connectivity index (χ4v) is 5.34. The minimum absolute atomic E-state index is 0.0381. The molecule has 2 aliphatic carbocycles. The zero-order chi connectivity index (χ0) is 18.7. The highest BCUT2D eigenvalue weighted by atomic mass is 35.5. The minimum atomic E-state index is -0.538. The molecule has 5 nitrogen and oxygen atoms in total. The maximum Gasteiger partial charge on any atom is 0.306 e. The van der Waals surface area contributed by atoms with Crippen LogP contribution in [0, 0.1) is 17.8 Å². The molecule has 1 amide bonds. The average molecular weight is 398 g/mol. The molecule has 7 heteroatoms. The first-order valence-electron chi connectivity index (χ1n) is 9.16. The monoisotopic (exact) mass is 397 g/mol. The van der Waals surface area contributed by atoms with E-state index in [1.807, 2.05) is 6.92 Å². The molecule has 4 atom stereocenters. The van der Waals surface area contributed by atoms with Gasteiger partial charge in [0.1, 0.15) is 0 Å². The molecule has 26 heavy (non-hydrogen) atoms. The highest BCUT2D eigenvalue weighted by Gasteiger charge is 2.42. The molecule has 0 unspecified atom stereocenters. The van der Waals surface area contributed by atoms with Crippen LogP contribution in [0.1, 0.15) is 55.1 Å². The number of hydrogen-bond acceptors (Lipinski definition) is 5. The van der Waals surface area contributed by atoms with Crippen molar-refractivity contribution in [3.8, 4) is 0 Å². The van der Waals surface area contributed by atoms with Gasteiger partial charge in [0, 0.05) is 12.5 Å². The van der Waals surface area contributed by atoms with Crippen molar-refractivity contribution in [2.45, 2.75) is 51.5 Å². The number of thiophene rings is 1. The average Bonchev–Trinajstić information content (AvgIpc) is 3.34. The molecule has 0 aliphatic heterocycles. The molecule has 2 bridgehead atoms. The summed E-state index contributed by atoms with van der Waals surface area (Å²) in [5, 5.41) is 2.96. The van der Waals surface area contributed by atoms with Crippen LogP contribution >= 0.6 is 22.9 Å². The second kappa shape index (κ2) is 8.53. The SMILES string of the molecule is C[C@@H](NC(=O)COC(=O)CCC(=O)c1ccc(Cl)s1)[C@@H]1C[C@@H]2CC[C@@H]1C2. The van der Waals surface area contributed by atoms with Gasteiger partial charge in [-0.05, 0) is 56.1 Å². The van der Waals surface area contributed by atoms with E-state index in [1.54, 1.807) is 12.1 Å². The predicted molar refractivity (Wildman–Crippen MR) is 100 cm³/mol. The summed E-state index contributed by atoms with van der Waals surface area (Å²) < 4.78 is 5.53. The number of esters is 1. The molecule has 2 aliphatic rings. The van der Waals surface area contributed by atoms with E-state index in [0.717, 1.165) is 11.8 Å². The number of hydrogen-bond donors (Lipinski definition) is 1. The smallest absolute Gasteiger partial charge is 0.306 e. The van der Waals surface area contributed by atoms with Crippen molar-refractivity contribution < 1.29 is 19.1 Å². The van der Waals surface area contributed by atoms with Gasteiger partial charge in [-0.1, -0.05) is 18.0 Å². The summed E-state index contributed by atoms with van der Waals surface area (Å²) >= 11 is 6.98. The third-order valence-electron chi connectivity index (χ3n) is 5.59. The Bertz CT molecular complexity index is 689. The fourth-order valence-electron chi connectivity index (χ4n) is 4.33. The van der Waals surface area contributed by atoms with E-state index >= 15 is 0 Å². The van der Waals surface area contributed by atoms with Gasteiger partial charge >= 0.3 is 5.97 Å². The second-order valence-corrected chi connectivity index (χ2v) is 9.10. The zero-order valence-electron chi connectivity index (χ0n) is 14.8. The number of Topliss-reactive ketones (excluding diaryl/α,β-unsaturated/α-hetero) is 1. The molecule has 3 rings (SSSR count). The Kier molecular flexibility index (Phi) is 6.35. The number of fused-ring (bicyclic) bond motifs is 2. The summed E-state index contributed by atoms with van der Waals surface area (Å²) in [6.07, 6.45) is 5.11. The van der Waals surface area contributed by atoms with Crippen LogP contribution in [0.15, 0.2) is 12.1 Å². The van der Waals surface area contributed by atoms with Gasteiger partial charge in [-0.3, -0.25) is 14.4 Å². The van der Waals surface area contributed by atoms with E-state index in [2.05, 4.69) is 5.32 Å². The molecular weight excluding hydrogens is 374 g/mol. The third kappa shape index (κ3) is 4.86. The van der Waals surface area contributed by atoms with Gasteiger partial charge < -0.3 is 10.1 Å². The first-order valence-corrected chi connectivity index (χ1v) is 10.4. The number of halogens is 1. The molecular formula is C19H24ClNO4S. The van der Waals surface area contributed by atoms with E-state index in [1.165, 1.54) is 37.0 Å². The van der Waals surface area contributed by atoms with Crippen LogP contribution < -0.4 is 5.32 Å². The molecule has 0 aromatic carbocycles. The maximum absolute atomic E-state index is 12.0. The highest BCUT2D eigenvalue weighted by Crippen LogP contribution is 2.49. The third-order valence-corrected chi connectivity index (χ3v) is 6.86. The summed E-state index contributed by atoms with van der Waals surface area (Å²) in [6, 6.07) is 3.41. The fraction of sp³-hybridized carbons (Fsp3) is 0.632. The lowest BCUT2D eigenvalue weighted by Crippen LogP contribution is -2.42. The van der Waals surface area contributed by atoms with Crippen LogP contribution in [0.2, 0.25) is 4.34 Å². The summed E-state index contributed by atoms with van der Waals surface area (Å²) in [7, 11) is 0. The van der Waals surface area contributed by atoms with Crippen LogP contribution in [0.5, 0.6) is 0 Å².